The van der Waals surface area contributed by atoms with Crippen LogP contribution in [0.15, 0.2) is 24.3 Å². The van der Waals surface area contributed by atoms with Gasteiger partial charge in [-0.1, -0.05) is 26.0 Å². The molecule has 0 radical (unpaired) electrons. The van der Waals surface area contributed by atoms with E-state index in [1.165, 1.54) is 31.2 Å². The summed E-state index contributed by atoms with van der Waals surface area (Å²) in [6, 6.07) is 1.90. The van der Waals surface area contributed by atoms with Crippen molar-refractivity contribution in [3.05, 3.63) is 29.8 Å². The molecule has 6 amide bonds. The van der Waals surface area contributed by atoms with Gasteiger partial charge in [0.2, 0.25) is 35.4 Å². The molecule has 0 saturated carbocycles. The van der Waals surface area contributed by atoms with E-state index in [0.29, 0.717) is 5.56 Å². The van der Waals surface area contributed by atoms with Crippen molar-refractivity contribution >= 4 is 43.3 Å². The summed E-state index contributed by atoms with van der Waals surface area (Å²) in [6.07, 6.45) is -0.295. The molecule has 228 valence electrons. The Morgan fingerprint density at radius 3 is 2.00 bits per heavy atom. The zero-order chi connectivity index (χ0) is 31.3. The van der Waals surface area contributed by atoms with Gasteiger partial charge in [0.1, 0.15) is 23.9 Å². The van der Waals surface area contributed by atoms with Gasteiger partial charge in [0, 0.05) is 19.8 Å². The van der Waals surface area contributed by atoms with E-state index < -0.39 is 67.9 Å². The van der Waals surface area contributed by atoms with Gasteiger partial charge in [-0.05, 0) is 36.5 Å². The lowest BCUT2D eigenvalue weighted by atomic mass is 10.0. The predicted octanol–water partition coefficient (Wildman–Crippen LogP) is -1.91. The lowest BCUT2D eigenvalue weighted by Gasteiger charge is -2.23. The highest BCUT2D eigenvalue weighted by Crippen LogP contribution is 2.37. The molecule has 17 heteroatoms. The lowest BCUT2D eigenvalue weighted by Crippen LogP contribution is -2.55. The Morgan fingerprint density at radius 2 is 1.51 bits per heavy atom. The van der Waals surface area contributed by atoms with Crippen LogP contribution >= 0.6 is 7.82 Å². The van der Waals surface area contributed by atoms with E-state index in [2.05, 4.69) is 25.8 Å². The molecule has 0 saturated heterocycles. The summed E-state index contributed by atoms with van der Waals surface area (Å²) in [5.41, 5.74) is 11.0. The first kappa shape index (κ1) is 35.0. The van der Waals surface area contributed by atoms with Crippen LogP contribution < -0.4 is 37.3 Å². The highest BCUT2D eigenvalue weighted by Gasteiger charge is 2.28. The predicted molar refractivity (Wildman–Crippen MR) is 144 cm³/mol. The maximum Gasteiger partial charge on any atom is 0.524 e. The third-order valence-electron chi connectivity index (χ3n) is 5.40. The number of phosphoric acid groups is 1. The summed E-state index contributed by atoms with van der Waals surface area (Å²) in [5, 5.41) is 9.65. The van der Waals surface area contributed by atoms with Crippen LogP contribution in [0, 0.1) is 5.92 Å². The highest BCUT2D eigenvalue weighted by atomic mass is 31.2. The largest absolute Gasteiger partial charge is 0.524 e. The van der Waals surface area contributed by atoms with Gasteiger partial charge in [-0.2, -0.15) is 0 Å². The van der Waals surface area contributed by atoms with Crippen LogP contribution in [0.1, 0.15) is 45.6 Å². The number of hydrogen-bond acceptors (Lipinski definition) is 8. The van der Waals surface area contributed by atoms with E-state index >= 15 is 0 Å². The molecule has 0 aliphatic rings. The Labute approximate surface area is 236 Å². The fourth-order valence-electron chi connectivity index (χ4n) is 3.60. The van der Waals surface area contributed by atoms with Crippen molar-refractivity contribution in [1.29, 1.82) is 0 Å². The van der Waals surface area contributed by atoms with E-state index in [1.807, 2.05) is 13.8 Å². The van der Waals surface area contributed by atoms with Gasteiger partial charge in [-0.25, -0.2) is 4.57 Å². The Balaban J connectivity index is 2.96. The maximum absolute atomic E-state index is 13.1. The Bertz CT molecular complexity index is 1150. The van der Waals surface area contributed by atoms with Crippen LogP contribution in [-0.4, -0.2) is 69.9 Å². The Kier molecular flexibility index (Phi) is 13.9. The summed E-state index contributed by atoms with van der Waals surface area (Å²) in [6.45, 7) is 4.29. The number of nitrogens with one attached hydrogen (secondary N) is 4. The van der Waals surface area contributed by atoms with E-state index in [1.54, 1.807) is 0 Å². The number of rotatable bonds is 17. The molecule has 0 spiro atoms. The fraction of sp³-hybridized carbons (Fsp3) is 0.500. The molecule has 1 aromatic carbocycles. The van der Waals surface area contributed by atoms with Crippen LogP contribution in [0.4, 0.5) is 0 Å². The third kappa shape index (κ3) is 14.8. The van der Waals surface area contributed by atoms with Gasteiger partial charge >= 0.3 is 7.82 Å². The molecular formula is C24H37N6O10P. The molecular weight excluding hydrogens is 563 g/mol. The first-order chi connectivity index (χ1) is 19.0. The van der Waals surface area contributed by atoms with E-state index in [-0.39, 0.29) is 37.4 Å². The monoisotopic (exact) mass is 600 g/mol. The summed E-state index contributed by atoms with van der Waals surface area (Å²) in [5.74, 6) is -4.44. The number of amides is 6. The van der Waals surface area contributed by atoms with Crippen molar-refractivity contribution in [1.82, 2.24) is 21.3 Å². The SMILES string of the molecule is CC(=O)N[C@@H](Cc1ccc(OP(=O)(O)O)cc1)C(=O)N[C@@H](CCC(N)=O)C(=O)NCC(=O)N[C@@H](CC(C)C)C(N)=O. The average molecular weight is 601 g/mol. The summed E-state index contributed by atoms with van der Waals surface area (Å²) >= 11 is 0. The Hall–Kier alpha value is -4.01. The second-order valence-corrected chi connectivity index (χ2v) is 10.8. The second-order valence-electron chi connectivity index (χ2n) is 9.62. The van der Waals surface area contributed by atoms with Crippen LogP contribution in [0.5, 0.6) is 5.75 Å². The topological polar surface area (TPSA) is 269 Å². The standard InChI is InChI=1S/C24H37N6O10P/c1-13(2)10-18(22(26)34)29-21(33)12-27-23(35)17(8-9-20(25)32)30-24(36)19(28-14(3)31)11-15-4-6-16(7-5-15)40-41(37,38)39/h4-7,13,17-19H,8-12H2,1-3H3,(H2,25,32)(H2,26,34)(H,27,35)(H,28,31)(H,29,33)(H,30,36)(H2,37,38,39)/t17-,18-,19-/m0/s1. The number of primary amides is 2. The number of phosphoric ester groups is 1. The summed E-state index contributed by atoms with van der Waals surface area (Å²) < 4.78 is 15.5. The minimum Gasteiger partial charge on any atom is -0.404 e. The molecule has 3 atom stereocenters. The summed E-state index contributed by atoms with van der Waals surface area (Å²) in [4.78, 5) is 90.7. The molecule has 0 aromatic heterocycles. The molecule has 0 aliphatic heterocycles. The number of carbonyl (C=O) groups excluding carboxylic acids is 6. The first-order valence-corrected chi connectivity index (χ1v) is 14.1. The van der Waals surface area contributed by atoms with E-state index in [0.717, 1.165) is 0 Å². The normalized spacial score (nSPS) is 13.3. The van der Waals surface area contributed by atoms with Crippen molar-refractivity contribution in [2.45, 2.75) is 64.6 Å². The fourth-order valence-corrected chi connectivity index (χ4v) is 3.99. The molecule has 41 heavy (non-hydrogen) atoms. The average Bonchev–Trinajstić information content (AvgIpc) is 2.83. The van der Waals surface area contributed by atoms with Crippen LogP contribution in [-0.2, 0) is 39.8 Å². The van der Waals surface area contributed by atoms with Gasteiger partial charge in [0.15, 0.2) is 0 Å². The quantitative estimate of drug-likeness (QED) is 0.0919. The number of nitrogens with two attached hydrogens (primary N) is 2. The van der Waals surface area contributed by atoms with Gasteiger partial charge in [-0.3, -0.25) is 38.6 Å². The van der Waals surface area contributed by atoms with E-state index in [4.69, 9.17) is 21.3 Å². The van der Waals surface area contributed by atoms with Gasteiger partial charge in [-0.15, -0.1) is 0 Å². The van der Waals surface area contributed by atoms with Crippen LogP contribution in [0.2, 0.25) is 0 Å². The van der Waals surface area contributed by atoms with Gasteiger partial charge < -0.3 is 37.3 Å². The molecule has 1 aromatic rings. The number of benzene rings is 1. The van der Waals surface area contributed by atoms with E-state index in [9.17, 15) is 33.3 Å². The van der Waals surface area contributed by atoms with Crippen molar-refractivity contribution in [2.24, 2.45) is 17.4 Å². The van der Waals surface area contributed by atoms with Crippen molar-refractivity contribution in [3.63, 3.8) is 0 Å². The molecule has 0 fully saturated rings. The third-order valence-corrected chi connectivity index (χ3v) is 5.85. The van der Waals surface area contributed by atoms with Crippen molar-refractivity contribution < 1.29 is 47.6 Å². The Morgan fingerprint density at radius 1 is 0.902 bits per heavy atom. The van der Waals surface area contributed by atoms with Crippen LogP contribution in [0.3, 0.4) is 0 Å². The smallest absolute Gasteiger partial charge is 0.404 e. The molecule has 0 bridgehead atoms. The number of hydrogen-bond donors (Lipinski definition) is 8. The molecule has 10 N–H and O–H groups in total. The zero-order valence-corrected chi connectivity index (χ0v) is 23.8. The summed E-state index contributed by atoms with van der Waals surface area (Å²) in [7, 11) is -4.77. The molecule has 0 heterocycles. The molecule has 0 unspecified atom stereocenters. The molecule has 16 nitrogen and oxygen atoms in total. The first-order valence-electron chi connectivity index (χ1n) is 12.5. The maximum atomic E-state index is 13.1. The zero-order valence-electron chi connectivity index (χ0n) is 22.9. The van der Waals surface area contributed by atoms with Gasteiger partial charge in [0.25, 0.3) is 0 Å². The van der Waals surface area contributed by atoms with Gasteiger partial charge in [0.05, 0.1) is 6.54 Å². The minimum absolute atomic E-state index is 0.0540. The molecule has 0 aliphatic carbocycles. The number of carbonyl (C=O) groups is 6. The second kappa shape index (κ2) is 16.3. The minimum atomic E-state index is -4.77. The van der Waals surface area contributed by atoms with Crippen molar-refractivity contribution in [2.75, 3.05) is 6.54 Å². The lowest BCUT2D eigenvalue weighted by molar-refractivity contribution is -0.133. The van der Waals surface area contributed by atoms with Crippen LogP contribution in [0.25, 0.3) is 0 Å². The van der Waals surface area contributed by atoms with Crippen molar-refractivity contribution in [3.8, 4) is 5.75 Å². The highest BCUT2D eigenvalue weighted by molar-refractivity contribution is 7.46. The molecule has 1 rings (SSSR count).